The van der Waals surface area contributed by atoms with E-state index in [1.807, 2.05) is 0 Å². The molecule has 15 heavy (non-hydrogen) atoms. The summed E-state index contributed by atoms with van der Waals surface area (Å²) in [5.74, 6) is 6.35. The van der Waals surface area contributed by atoms with Crippen LogP contribution in [0.15, 0.2) is 18.2 Å². The fourth-order valence-corrected chi connectivity index (χ4v) is 1.32. The molecule has 0 aliphatic rings. The van der Waals surface area contributed by atoms with E-state index in [0.29, 0.717) is 0 Å². The second kappa shape index (κ2) is 6.95. The number of hydrogen-bond donors (Lipinski definition) is 1. The Balaban J connectivity index is 2.32. The first-order valence-electron chi connectivity index (χ1n) is 5.52. The number of aromatic hydroxyl groups is 1. The first-order chi connectivity index (χ1) is 7.33. The van der Waals surface area contributed by atoms with Crippen molar-refractivity contribution < 1.29 is 5.11 Å². The summed E-state index contributed by atoms with van der Waals surface area (Å²) >= 11 is 0. The zero-order valence-corrected chi connectivity index (χ0v) is 9.21. The maximum Gasteiger partial charge on any atom is 0.116 e. The van der Waals surface area contributed by atoms with Gasteiger partial charge in [-0.05, 0) is 30.7 Å². The van der Waals surface area contributed by atoms with Crippen molar-refractivity contribution in [1.29, 1.82) is 0 Å². The van der Waals surface area contributed by atoms with Crippen molar-refractivity contribution in [1.82, 2.24) is 0 Å². The number of phenols is 1. The lowest BCUT2D eigenvalue weighted by Crippen LogP contribution is -1.76. The zero-order chi connectivity index (χ0) is 10.9. The highest BCUT2D eigenvalue weighted by Gasteiger charge is 1.89. The predicted molar refractivity (Wildman–Crippen MR) is 62.6 cm³/mol. The van der Waals surface area contributed by atoms with E-state index < -0.39 is 0 Å². The monoisotopic (exact) mass is 201 g/mol. The Bertz CT molecular complexity index is 344. The Morgan fingerprint density at radius 2 is 2.20 bits per heavy atom. The molecule has 79 valence electrons. The van der Waals surface area contributed by atoms with Gasteiger partial charge in [-0.25, -0.2) is 0 Å². The van der Waals surface area contributed by atoms with E-state index in [2.05, 4.69) is 24.8 Å². The van der Waals surface area contributed by atoms with Crippen molar-refractivity contribution in [2.75, 3.05) is 0 Å². The summed E-state index contributed by atoms with van der Waals surface area (Å²) in [6, 6.07) is 7.91. The van der Waals surface area contributed by atoms with Crippen LogP contribution in [-0.2, 0) is 0 Å². The number of benzene rings is 1. The van der Waals surface area contributed by atoms with Gasteiger partial charge in [-0.2, -0.15) is 0 Å². The van der Waals surface area contributed by atoms with Crippen LogP contribution in [0.2, 0.25) is 0 Å². The Hall–Kier alpha value is -1.42. The van der Waals surface area contributed by atoms with Crippen LogP contribution in [0, 0.1) is 17.9 Å². The van der Waals surface area contributed by atoms with Crippen molar-refractivity contribution in [3.05, 3.63) is 29.8 Å². The summed E-state index contributed by atoms with van der Waals surface area (Å²) in [6.07, 6.45) is 5.91. The standard InChI is InChI=1S/C14H17O/c1-2-3-4-5-6-7-9-13-10-8-11-14(15)12-13/h8,11-12,15H,2-6H2,1H3. The van der Waals surface area contributed by atoms with Crippen molar-refractivity contribution in [2.45, 2.75) is 39.0 Å². The SMILES string of the molecule is CCCCCCC#Cc1[c]ccc(O)c1. The van der Waals surface area contributed by atoms with Crippen LogP contribution >= 0.6 is 0 Å². The molecule has 0 bridgehead atoms. The summed E-state index contributed by atoms with van der Waals surface area (Å²) < 4.78 is 0. The molecule has 1 aromatic rings. The van der Waals surface area contributed by atoms with Crippen LogP contribution < -0.4 is 0 Å². The topological polar surface area (TPSA) is 20.2 Å². The van der Waals surface area contributed by atoms with Crippen LogP contribution in [0.25, 0.3) is 0 Å². The van der Waals surface area contributed by atoms with E-state index in [4.69, 9.17) is 0 Å². The maximum atomic E-state index is 9.20. The van der Waals surface area contributed by atoms with Crippen molar-refractivity contribution in [3.63, 3.8) is 0 Å². The molecule has 0 aliphatic carbocycles. The van der Waals surface area contributed by atoms with E-state index >= 15 is 0 Å². The van der Waals surface area contributed by atoms with Crippen LogP contribution in [-0.4, -0.2) is 5.11 Å². The fraction of sp³-hybridized carbons (Fsp3) is 0.429. The molecule has 1 radical (unpaired) electrons. The largest absolute Gasteiger partial charge is 0.508 e. The third kappa shape index (κ3) is 5.12. The summed E-state index contributed by atoms with van der Waals surface area (Å²) in [5.41, 5.74) is 0.769. The van der Waals surface area contributed by atoms with E-state index in [1.54, 1.807) is 18.2 Å². The molecule has 1 aromatic carbocycles. The van der Waals surface area contributed by atoms with Gasteiger partial charge in [0.2, 0.25) is 0 Å². The third-order valence-electron chi connectivity index (χ3n) is 2.16. The molecular formula is C14H17O. The molecule has 0 saturated heterocycles. The number of hydrogen-bond acceptors (Lipinski definition) is 1. The molecule has 1 N–H and O–H groups in total. The van der Waals surface area contributed by atoms with Gasteiger partial charge >= 0.3 is 0 Å². The van der Waals surface area contributed by atoms with Gasteiger partial charge in [0.05, 0.1) is 0 Å². The van der Waals surface area contributed by atoms with Gasteiger partial charge in [0.25, 0.3) is 0 Å². The van der Waals surface area contributed by atoms with Gasteiger partial charge in [-0.1, -0.05) is 38.0 Å². The van der Waals surface area contributed by atoms with Crippen LogP contribution in [0.1, 0.15) is 44.6 Å². The minimum atomic E-state index is 0.254. The molecule has 0 spiro atoms. The van der Waals surface area contributed by atoms with E-state index in [0.717, 1.165) is 12.0 Å². The Morgan fingerprint density at radius 1 is 1.33 bits per heavy atom. The molecule has 0 saturated carbocycles. The highest BCUT2D eigenvalue weighted by molar-refractivity contribution is 5.38. The molecule has 1 heteroatoms. The lowest BCUT2D eigenvalue weighted by atomic mass is 10.1. The van der Waals surface area contributed by atoms with E-state index in [1.165, 1.54) is 25.7 Å². The molecule has 0 heterocycles. The Labute approximate surface area is 92.1 Å². The average Bonchev–Trinajstić information content (AvgIpc) is 2.23. The maximum absolute atomic E-state index is 9.20. The molecule has 1 nitrogen and oxygen atoms in total. The van der Waals surface area contributed by atoms with Crippen LogP contribution in [0.4, 0.5) is 0 Å². The quantitative estimate of drug-likeness (QED) is 0.583. The Kier molecular flexibility index (Phi) is 5.40. The molecule has 0 amide bonds. The summed E-state index contributed by atoms with van der Waals surface area (Å²) in [7, 11) is 0. The van der Waals surface area contributed by atoms with Crippen molar-refractivity contribution in [3.8, 4) is 17.6 Å². The number of unbranched alkanes of at least 4 members (excludes halogenated alkanes) is 4. The second-order valence-electron chi connectivity index (χ2n) is 3.57. The Morgan fingerprint density at radius 3 is 2.93 bits per heavy atom. The van der Waals surface area contributed by atoms with Gasteiger partial charge in [0, 0.05) is 12.0 Å². The number of phenolic OH excluding ortho intramolecular Hbond substituents is 1. The molecule has 0 atom stereocenters. The van der Waals surface area contributed by atoms with Gasteiger partial charge < -0.3 is 5.11 Å². The normalized spacial score (nSPS) is 9.40. The highest BCUT2D eigenvalue weighted by Crippen LogP contribution is 2.09. The third-order valence-corrected chi connectivity index (χ3v) is 2.16. The van der Waals surface area contributed by atoms with E-state index in [9.17, 15) is 5.11 Å². The van der Waals surface area contributed by atoms with Crippen molar-refractivity contribution in [2.24, 2.45) is 0 Å². The van der Waals surface area contributed by atoms with Gasteiger partial charge in [-0.3, -0.25) is 0 Å². The second-order valence-corrected chi connectivity index (χ2v) is 3.57. The van der Waals surface area contributed by atoms with Crippen LogP contribution in [0.3, 0.4) is 0 Å². The summed E-state index contributed by atoms with van der Waals surface area (Å²) in [6.45, 7) is 2.20. The first kappa shape index (κ1) is 11.7. The molecular weight excluding hydrogens is 184 g/mol. The lowest BCUT2D eigenvalue weighted by molar-refractivity contribution is 0.475. The molecule has 0 aliphatic heterocycles. The molecule has 0 aromatic heterocycles. The summed E-state index contributed by atoms with van der Waals surface area (Å²) in [5, 5.41) is 9.20. The van der Waals surface area contributed by atoms with Gasteiger partial charge in [0.15, 0.2) is 0 Å². The van der Waals surface area contributed by atoms with Gasteiger partial charge in [-0.15, -0.1) is 0 Å². The smallest absolute Gasteiger partial charge is 0.116 e. The average molecular weight is 201 g/mol. The van der Waals surface area contributed by atoms with Gasteiger partial charge in [0.1, 0.15) is 5.75 Å². The predicted octanol–water partition coefficient (Wildman–Crippen LogP) is 3.51. The minimum Gasteiger partial charge on any atom is -0.508 e. The lowest BCUT2D eigenvalue weighted by Gasteiger charge is -1.93. The number of rotatable bonds is 4. The van der Waals surface area contributed by atoms with E-state index in [-0.39, 0.29) is 5.75 Å². The molecule has 1 rings (SSSR count). The first-order valence-corrected chi connectivity index (χ1v) is 5.52. The highest BCUT2D eigenvalue weighted by atomic mass is 16.3. The zero-order valence-electron chi connectivity index (χ0n) is 9.21. The van der Waals surface area contributed by atoms with Crippen LogP contribution in [0.5, 0.6) is 5.75 Å². The van der Waals surface area contributed by atoms with Crippen molar-refractivity contribution >= 4 is 0 Å². The summed E-state index contributed by atoms with van der Waals surface area (Å²) in [4.78, 5) is 0. The fourth-order valence-electron chi connectivity index (χ4n) is 1.32. The minimum absolute atomic E-state index is 0.254. The molecule has 0 unspecified atom stereocenters. The molecule has 0 fully saturated rings.